The summed E-state index contributed by atoms with van der Waals surface area (Å²) in [6, 6.07) is 4.20. The quantitative estimate of drug-likeness (QED) is 0.835. The van der Waals surface area contributed by atoms with E-state index in [1.165, 1.54) is 25.0 Å². The van der Waals surface area contributed by atoms with Crippen molar-refractivity contribution >= 4 is 17.6 Å². The summed E-state index contributed by atoms with van der Waals surface area (Å²) in [6.45, 7) is 5.68. The predicted octanol–water partition coefficient (Wildman–Crippen LogP) is 2.24. The molecule has 1 saturated heterocycles. The third kappa shape index (κ3) is 3.43. The molecule has 0 radical (unpaired) electrons. The Kier molecular flexibility index (Phi) is 4.61. The van der Waals surface area contributed by atoms with Gasteiger partial charge in [-0.25, -0.2) is 15.0 Å². The first-order valence-electron chi connectivity index (χ1n) is 9.45. The largest absolute Gasteiger partial charge is 0.363 e. The molecule has 0 atom stereocenters. The Hall–Kier alpha value is -2.44. The lowest BCUT2D eigenvalue weighted by molar-refractivity contribution is 0.410. The molecule has 7 heteroatoms. The highest BCUT2D eigenvalue weighted by Gasteiger charge is 2.24. The van der Waals surface area contributed by atoms with Crippen LogP contribution in [0.2, 0.25) is 0 Å². The maximum atomic E-state index is 4.71. The van der Waals surface area contributed by atoms with Crippen LogP contribution in [0.4, 0.5) is 17.6 Å². The zero-order valence-corrected chi connectivity index (χ0v) is 15.9. The fourth-order valence-corrected chi connectivity index (χ4v) is 3.50. The van der Waals surface area contributed by atoms with Crippen LogP contribution in [-0.4, -0.2) is 60.2 Å². The van der Waals surface area contributed by atoms with Gasteiger partial charge in [-0.05, 0) is 19.8 Å². The number of nitrogens with zero attached hydrogens (tertiary/aromatic N) is 7. The molecule has 1 saturated carbocycles. The van der Waals surface area contributed by atoms with Crippen molar-refractivity contribution in [1.29, 1.82) is 0 Å². The van der Waals surface area contributed by atoms with Gasteiger partial charge in [0.1, 0.15) is 18.0 Å². The fraction of sp³-hybridized carbons (Fsp3) is 0.579. The summed E-state index contributed by atoms with van der Waals surface area (Å²) in [5, 5.41) is 0. The number of aromatic nitrogens is 4. The molecule has 0 bridgehead atoms. The van der Waals surface area contributed by atoms with Gasteiger partial charge in [0.25, 0.3) is 0 Å². The minimum Gasteiger partial charge on any atom is -0.363 e. The van der Waals surface area contributed by atoms with Crippen molar-refractivity contribution in [3.63, 3.8) is 0 Å². The van der Waals surface area contributed by atoms with E-state index in [-0.39, 0.29) is 0 Å². The second kappa shape index (κ2) is 7.05. The van der Waals surface area contributed by atoms with Gasteiger partial charge in [0, 0.05) is 69.7 Å². The highest BCUT2D eigenvalue weighted by Crippen LogP contribution is 2.36. The number of piperazine rings is 1. The van der Waals surface area contributed by atoms with Crippen LogP contribution in [-0.2, 0) is 0 Å². The predicted molar refractivity (Wildman–Crippen MR) is 104 cm³/mol. The van der Waals surface area contributed by atoms with Crippen molar-refractivity contribution in [2.75, 3.05) is 55.0 Å². The van der Waals surface area contributed by atoms with Crippen LogP contribution in [0.25, 0.3) is 0 Å². The van der Waals surface area contributed by atoms with Gasteiger partial charge in [0.15, 0.2) is 0 Å². The molecule has 2 aliphatic rings. The first-order valence-corrected chi connectivity index (χ1v) is 9.45. The topological polar surface area (TPSA) is 61.3 Å². The first-order chi connectivity index (χ1) is 12.6. The average Bonchev–Trinajstić information content (AvgIpc) is 2.60. The molecule has 0 unspecified atom stereocenters. The second-order valence-corrected chi connectivity index (χ2v) is 7.46. The molecule has 3 heterocycles. The van der Waals surface area contributed by atoms with Crippen molar-refractivity contribution in [3.8, 4) is 0 Å². The van der Waals surface area contributed by atoms with Gasteiger partial charge in [-0.1, -0.05) is 6.42 Å². The van der Waals surface area contributed by atoms with Crippen LogP contribution in [0.1, 0.15) is 36.6 Å². The molecule has 7 nitrogen and oxygen atoms in total. The summed E-state index contributed by atoms with van der Waals surface area (Å²) < 4.78 is 0. The van der Waals surface area contributed by atoms with Crippen molar-refractivity contribution in [2.24, 2.45) is 0 Å². The summed E-state index contributed by atoms with van der Waals surface area (Å²) in [5.74, 6) is 3.48. The number of rotatable bonds is 4. The van der Waals surface area contributed by atoms with E-state index in [2.05, 4.69) is 30.8 Å². The minimum absolute atomic E-state index is 0.642. The standard InChI is InChI=1S/C19H27N7/c1-14-11-18(24(2)3)23-19(22-14)26-9-7-25(8-10-26)17-12-16(20-13-21-17)15-5-4-6-15/h11-13,15H,4-10H2,1-3H3. The van der Waals surface area contributed by atoms with E-state index in [1.54, 1.807) is 6.33 Å². The zero-order chi connectivity index (χ0) is 18.1. The Morgan fingerprint density at radius 1 is 0.962 bits per heavy atom. The molecule has 138 valence electrons. The van der Waals surface area contributed by atoms with Crippen molar-refractivity contribution in [3.05, 3.63) is 29.8 Å². The first kappa shape index (κ1) is 17.0. The molecule has 2 aromatic heterocycles. The summed E-state index contributed by atoms with van der Waals surface area (Å²) in [5.41, 5.74) is 2.21. The molecule has 0 spiro atoms. The zero-order valence-electron chi connectivity index (χ0n) is 15.9. The van der Waals surface area contributed by atoms with Crippen LogP contribution < -0.4 is 14.7 Å². The Balaban J connectivity index is 1.44. The maximum Gasteiger partial charge on any atom is 0.227 e. The van der Waals surface area contributed by atoms with Gasteiger partial charge in [-0.3, -0.25) is 0 Å². The lowest BCUT2D eigenvalue weighted by Crippen LogP contribution is -2.47. The van der Waals surface area contributed by atoms with E-state index < -0.39 is 0 Å². The van der Waals surface area contributed by atoms with Gasteiger partial charge in [0.2, 0.25) is 5.95 Å². The molecule has 4 rings (SSSR count). The van der Waals surface area contributed by atoms with Crippen molar-refractivity contribution < 1.29 is 0 Å². The van der Waals surface area contributed by atoms with Crippen LogP contribution in [0.5, 0.6) is 0 Å². The van der Waals surface area contributed by atoms with E-state index >= 15 is 0 Å². The lowest BCUT2D eigenvalue weighted by atomic mass is 9.83. The third-order valence-electron chi connectivity index (χ3n) is 5.37. The van der Waals surface area contributed by atoms with E-state index in [0.717, 1.165) is 49.5 Å². The summed E-state index contributed by atoms with van der Waals surface area (Å²) in [6.07, 6.45) is 5.59. The molecule has 0 N–H and O–H groups in total. The fourth-order valence-electron chi connectivity index (χ4n) is 3.50. The van der Waals surface area contributed by atoms with Crippen LogP contribution in [0, 0.1) is 6.92 Å². The van der Waals surface area contributed by atoms with Gasteiger partial charge in [0.05, 0.1) is 0 Å². The summed E-state index contributed by atoms with van der Waals surface area (Å²) in [4.78, 5) is 25.0. The normalized spacial score (nSPS) is 18.0. The molecule has 2 fully saturated rings. The van der Waals surface area contributed by atoms with Crippen LogP contribution in [0.15, 0.2) is 18.5 Å². The van der Waals surface area contributed by atoms with Gasteiger partial charge >= 0.3 is 0 Å². The minimum atomic E-state index is 0.642. The number of hydrogen-bond acceptors (Lipinski definition) is 7. The third-order valence-corrected chi connectivity index (χ3v) is 5.37. The molecule has 0 aromatic carbocycles. The van der Waals surface area contributed by atoms with E-state index in [9.17, 15) is 0 Å². The highest BCUT2D eigenvalue weighted by atomic mass is 15.3. The Morgan fingerprint density at radius 3 is 2.35 bits per heavy atom. The molecule has 2 aromatic rings. The van der Waals surface area contributed by atoms with E-state index in [4.69, 9.17) is 4.98 Å². The molecule has 1 aliphatic carbocycles. The lowest BCUT2D eigenvalue weighted by Gasteiger charge is -2.36. The molecule has 26 heavy (non-hydrogen) atoms. The van der Waals surface area contributed by atoms with Gasteiger partial charge in [-0.2, -0.15) is 4.98 Å². The smallest absolute Gasteiger partial charge is 0.227 e. The molecule has 1 aliphatic heterocycles. The number of anilines is 3. The van der Waals surface area contributed by atoms with Gasteiger partial charge < -0.3 is 14.7 Å². The van der Waals surface area contributed by atoms with Crippen molar-refractivity contribution in [2.45, 2.75) is 32.1 Å². The monoisotopic (exact) mass is 353 g/mol. The van der Waals surface area contributed by atoms with Crippen LogP contribution >= 0.6 is 0 Å². The SMILES string of the molecule is Cc1cc(N(C)C)nc(N2CCN(c3cc(C4CCC4)ncn3)CC2)n1. The summed E-state index contributed by atoms with van der Waals surface area (Å²) >= 11 is 0. The Labute approximate surface area is 155 Å². The summed E-state index contributed by atoms with van der Waals surface area (Å²) in [7, 11) is 4.02. The Bertz CT molecular complexity index is 764. The van der Waals surface area contributed by atoms with Gasteiger partial charge in [-0.15, -0.1) is 0 Å². The van der Waals surface area contributed by atoms with E-state index in [1.807, 2.05) is 32.0 Å². The van der Waals surface area contributed by atoms with E-state index in [0.29, 0.717) is 5.92 Å². The Morgan fingerprint density at radius 2 is 1.69 bits per heavy atom. The van der Waals surface area contributed by atoms with Crippen molar-refractivity contribution in [1.82, 2.24) is 19.9 Å². The number of aryl methyl sites for hydroxylation is 1. The highest BCUT2D eigenvalue weighted by molar-refractivity contribution is 5.47. The molecular weight excluding hydrogens is 326 g/mol. The average molecular weight is 353 g/mol. The maximum absolute atomic E-state index is 4.71. The number of hydrogen-bond donors (Lipinski definition) is 0. The second-order valence-electron chi connectivity index (χ2n) is 7.46. The molecule has 0 amide bonds. The van der Waals surface area contributed by atoms with Crippen LogP contribution in [0.3, 0.4) is 0 Å². The molecular formula is C19H27N7.